The van der Waals surface area contributed by atoms with E-state index in [2.05, 4.69) is 4.18 Å². The molecule has 0 radical (unpaired) electrons. The second kappa shape index (κ2) is 4.72. The quantitative estimate of drug-likeness (QED) is 0.231. The van der Waals surface area contributed by atoms with E-state index >= 15 is 0 Å². The summed E-state index contributed by atoms with van der Waals surface area (Å²) in [6, 6.07) is 0. The van der Waals surface area contributed by atoms with Crippen molar-refractivity contribution >= 4 is 10.4 Å². The fraction of sp³-hybridized carbons (Fsp3) is 1.00. The summed E-state index contributed by atoms with van der Waals surface area (Å²) in [5.74, 6) is 0. The molecule has 6 heteroatoms. The van der Waals surface area contributed by atoms with E-state index in [-0.39, 0.29) is 36.2 Å². The summed E-state index contributed by atoms with van der Waals surface area (Å²) < 4.78 is 32.0. The van der Waals surface area contributed by atoms with Crippen LogP contribution in [0.4, 0.5) is 0 Å². The Labute approximate surface area is 70.5 Å². The first-order chi connectivity index (χ1) is 3.06. The van der Waals surface area contributed by atoms with Crippen molar-refractivity contribution in [1.29, 1.82) is 0 Å². The predicted molar refractivity (Wildman–Crippen MR) is 21.3 cm³/mol. The molecule has 0 heterocycles. The van der Waals surface area contributed by atoms with E-state index in [1.165, 1.54) is 6.92 Å². The minimum atomic E-state index is -4.42. The van der Waals surface area contributed by atoms with Gasteiger partial charge in [-0.15, -0.1) is 0 Å². The second-order valence-electron chi connectivity index (χ2n) is 0.815. The zero-order valence-electron chi connectivity index (χ0n) is 4.75. The minimum absolute atomic E-state index is 0. The number of rotatable bonds is 2. The van der Waals surface area contributed by atoms with Crippen LogP contribution in [0.1, 0.15) is 6.92 Å². The monoisotopic (exact) mass is 148 g/mol. The van der Waals surface area contributed by atoms with Gasteiger partial charge in [-0.1, -0.05) is 0 Å². The molecule has 0 saturated carbocycles. The average Bonchev–Trinajstić information content (AvgIpc) is 1.30. The largest absolute Gasteiger partial charge is 1.00 e. The third-order valence-corrected chi connectivity index (χ3v) is 0.787. The van der Waals surface area contributed by atoms with Gasteiger partial charge in [0.2, 0.25) is 10.4 Å². The summed E-state index contributed by atoms with van der Waals surface area (Å²) in [6.45, 7) is 1.33. The van der Waals surface area contributed by atoms with E-state index < -0.39 is 10.4 Å². The average molecular weight is 148 g/mol. The molecule has 0 aliphatic heterocycles. The van der Waals surface area contributed by atoms with Crippen LogP contribution < -0.4 is 29.6 Å². The number of hydrogen-bond donors (Lipinski definition) is 0. The molecule has 0 N–H and O–H groups in total. The summed E-state index contributed by atoms with van der Waals surface area (Å²) in [7, 11) is -4.42. The van der Waals surface area contributed by atoms with Crippen LogP contribution in [0.3, 0.4) is 0 Å². The van der Waals surface area contributed by atoms with Crippen LogP contribution in [0, 0.1) is 0 Å². The Kier molecular flexibility index (Phi) is 6.87. The number of hydrogen-bond acceptors (Lipinski definition) is 4. The van der Waals surface area contributed by atoms with E-state index in [0.717, 1.165) is 0 Å². The zero-order chi connectivity index (χ0) is 5.91. The van der Waals surface area contributed by atoms with Crippen LogP contribution in [0.2, 0.25) is 0 Å². The summed E-state index contributed by atoms with van der Waals surface area (Å²) in [5.41, 5.74) is 0. The first-order valence-corrected chi connectivity index (χ1v) is 3.00. The van der Waals surface area contributed by atoms with Gasteiger partial charge in [0.05, 0.1) is 6.61 Å². The molecule has 0 atom stereocenters. The maximum absolute atomic E-state index is 9.45. The SMILES string of the molecule is CCOS(=O)(=O)[O-].[Na+]. The maximum Gasteiger partial charge on any atom is 1.00 e. The molecule has 0 aliphatic carbocycles. The first kappa shape index (κ1) is 11.6. The normalized spacial score (nSPS) is 10.2. The fourth-order valence-electron chi connectivity index (χ4n) is 0.144. The van der Waals surface area contributed by atoms with Crippen LogP contribution in [0.15, 0.2) is 0 Å². The van der Waals surface area contributed by atoms with E-state index in [4.69, 9.17) is 0 Å². The molecule has 0 saturated heterocycles. The molecule has 44 valence electrons. The van der Waals surface area contributed by atoms with Crippen molar-refractivity contribution in [3.8, 4) is 0 Å². The van der Waals surface area contributed by atoms with E-state index in [0.29, 0.717) is 0 Å². The molecule has 0 fully saturated rings. The molecule has 0 aliphatic rings. The van der Waals surface area contributed by atoms with Gasteiger partial charge in [-0.05, 0) is 6.92 Å². The first-order valence-electron chi connectivity index (χ1n) is 1.66. The van der Waals surface area contributed by atoms with Crippen molar-refractivity contribution in [1.82, 2.24) is 0 Å². The van der Waals surface area contributed by atoms with Gasteiger partial charge < -0.3 is 4.55 Å². The van der Waals surface area contributed by atoms with Crippen LogP contribution in [-0.2, 0) is 14.6 Å². The van der Waals surface area contributed by atoms with Crippen LogP contribution in [0.25, 0.3) is 0 Å². The van der Waals surface area contributed by atoms with Gasteiger partial charge in [-0.2, -0.15) is 0 Å². The van der Waals surface area contributed by atoms with Gasteiger partial charge in [-0.25, -0.2) is 8.42 Å². The Morgan fingerprint density at radius 2 is 2.00 bits per heavy atom. The van der Waals surface area contributed by atoms with Crippen molar-refractivity contribution in [3.05, 3.63) is 0 Å². The van der Waals surface area contributed by atoms with Gasteiger partial charge in [0.25, 0.3) is 0 Å². The molecule has 0 aromatic rings. The second-order valence-corrected chi connectivity index (χ2v) is 1.87. The molecule has 4 nitrogen and oxygen atoms in total. The molecule has 0 aromatic carbocycles. The Hall–Kier alpha value is 0.870. The topological polar surface area (TPSA) is 66.4 Å². The molecule has 8 heavy (non-hydrogen) atoms. The van der Waals surface area contributed by atoms with Crippen molar-refractivity contribution in [2.45, 2.75) is 6.92 Å². The summed E-state index contributed by atoms with van der Waals surface area (Å²) in [4.78, 5) is 0. The van der Waals surface area contributed by atoms with Crippen molar-refractivity contribution in [3.63, 3.8) is 0 Å². The Balaban J connectivity index is 0. The molecule has 0 unspecified atom stereocenters. The van der Waals surface area contributed by atoms with Gasteiger partial charge in [0, 0.05) is 0 Å². The third-order valence-electron chi connectivity index (χ3n) is 0.262. The van der Waals surface area contributed by atoms with Gasteiger partial charge >= 0.3 is 29.6 Å². The smallest absolute Gasteiger partial charge is 0.726 e. The fourth-order valence-corrected chi connectivity index (χ4v) is 0.433. The molecule has 0 spiro atoms. The Morgan fingerprint density at radius 1 is 1.62 bits per heavy atom. The molecule has 0 rings (SSSR count). The van der Waals surface area contributed by atoms with Gasteiger partial charge in [0.15, 0.2) is 0 Å². The predicted octanol–water partition coefficient (Wildman–Crippen LogP) is -3.51. The van der Waals surface area contributed by atoms with Crippen molar-refractivity contribution in [2.24, 2.45) is 0 Å². The van der Waals surface area contributed by atoms with Crippen LogP contribution in [0.5, 0.6) is 0 Å². The zero-order valence-corrected chi connectivity index (χ0v) is 7.56. The van der Waals surface area contributed by atoms with E-state index in [1.807, 2.05) is 0 Å². The summed E-state index contributed by atoms with van der Waals surface area (Å²) >= 11 is 0. The third kappa shape index (κ3) is 9.98. The minimum Gasteiger partial charge on any atom is -0.726 e. The van der Waals surface area contributed by atoms with Crippen molar-refractivity contribution < 1.29 is 46.7 Å². The van der Waals surface area contributed by atoms with Crippen LogP contribution in [-0.4, -0.2) is 19.6 Å². The molecule has 0 aromatic heterocycles. The molecular weight excluding hydrogens is 143 g/mol. The van der Waals surface area contributed by atoms with Gasteiger partial charge in [-0.3, -0.25) is 4.18 Å². The summed E-state index contributed by atoms with van der Waals surface area (Å²) in [6.07, 6.45) is 0. The standard InChI is InChI=1S/C2H6O4S.Na/c1-2-6-7(3,4)5;/h2H2,1H3,(H,3,4,5);/q;+1/p-1. The molecule has 0 amide bonds. The van der Waals surface area contributed by atoms with Gasteiger partial charge in [0.1, 0.15) is 0 Å². The summed E-state index contributed by atoms with van der Waals surface area (Å²) in [5, 5.41) is 0. The Morgan fingerprint density at radius 3 is 2.00 bits per heavy atom. The maximum atomic E-state index is 9.45. The van der Waals surface area contributed by atoms with Crippen molar-refractivity contribution in [2.75, 3.05) is 6.61 Å². The van der Waals surface area contributed by atoms with E-state index in [1.54, 1.807) is 0 Å². The van der Waals surface area contributed by atoms with E-state index in [9.17, 15) is 13.0 Å². The van der Waals surface area contributed by atoms with Crippen LogP contribution >= 0.6 is 0 Å². The molecule has 0 bridgehead atoms. The Bertz CT molecular complexity index is 127. The molecular formula is C2H5NaO4S.